The van der Waals surface area contributed by atoms with Gasteiger partial charge in [-0.25, -0.2) is 0 Å². The molecule has 0 N–H and O–H groups in total. The summed E-state index contributed by atoms with van der Waals surface area (Å²) in [5.74, 6) is -0.117. The fourth-order valence-corrected chi connectivity index (χ4v) is 5.05. The van der Waals surface area contributed by atoms with Crippen molar-refractivity contribution in [2.45, 2.75) is 51.2 Å². The lowest BCUT2D eigenvalue weighted by Gasteiger charge is -2.36. The lowest BCUT2D eigenvalue weighted by molar-refractivity contribution is -0.136. The summed E-state index contributed by atoms with van der Waals surface area (Å²) < 4.78 is 13.8. The number of carbonyl (C=O) groups is 2. The molecule has 1 fully saturated rings. The molecule has 0 atom stereocenters. The Balaban J connectivity index is 1.52. The Bertz CT molecular complexity index is 1100. The van der Waals surface area contributed by atoms with E-state index in [4.69, 9.17) is 9.15 Å². The highest BCUT2D eigenvalue weighted by Crippen LogP contribution is 2.25. The van der Waals surface area contributed by atoms with Gasteiger partial charge in [-0.1, -0.05) is 47.3 Å². The first-order valence-electron chi connectivity index (χ1n) is 12.5. The summed E-state index contributed by atoms with van der Waals surface area (Å²) in [5.41, 5.74) is 2.28. The molecule has 0 aliphatic heterocycles. The van der Waals surface area contributed by atoms with Gasteiger partial charge in [0.2, 0.25) is 5.91 Å². The number of benzene rings is 1. The average Bonchev–Trinajstić information content (AvgIpc) is 3.59. The Morgan fingerprint density at radius 2 is 1.86 bits per heavy atom. The number of rotatable bonds is 11. The first-order chi connectivity index (χ1) is 17.5. The number of hydrogen-bond acceptors (Lipinski definition) is 4. The van der Waals surface area contributed by atoms with Gasteiger partial charge in [0.15, 0.2) is 5.76 Å². The fraction of sp³-hybridized carbons (Fsp3) is 0.429. The number of furan rings is 1. The number of halogens is 1. The lowest BCUT2D eigenvalue weighted by Crippen LogP contribution is -2.48. The Hall–Kier alpha value is -2.84. The van der Waals surface area contributed by atoms with E-state index >= 15 is 0 Å². The smallest absolute Gasteiger partial charge is 0.290 e. The van der Waals surface area contributed by atoms with Crippen molar-refractivity contribution in [3.63, 3.8) is 0 Å². The second kappa shape index (κ2) is 12.9. The lowest BCUT2D eigenvalue weighted by atomic mass is 9.94. The van der Waals surface area contributed by atoms with E-state index in [1.54, 1.807) is 19.2 Å². The molecule has 7 nitrogen and oxygen atoms in total. The summed E-state index contributed by atoms with van der Waals surface area (Å²) in [4.78, 5) is 30.3. The zero-order valence-corrected chi connectivity index (χ0v) is 22.4. The van der Waals surface area contributed by atoms with Crippen LogP contribution < -0.4 is 0 Å². The molecule has 0 spiro atoms. The van der Waals surface area contributed by atoms with Gasteiger partial charge in [0.25, 0.3) is 5.91 Å². The zero-order chi connectivity index (χ0) is 25.3. The predicted octanol–water partition coefficient (Wildman–Crippen LogP) is 5.34. The molecular formula is C28H34BrN3O4. The maximum Gasteiger partial charge on any atom is 0.290 e. The maximum atomic E-state index is 13.8. The molecule has 0 bridgehead atoms. The summed E-state index contributed by atoms with van der Waals surface area (Å²) in [6.45, 7) is 1.91. The third kappa shape index (κ3) is 6.89. The molecule has 2 heterocycles. The summed E-state index contributed by atoms with van der Waals surface area (Å²) in [5, 5.41) is 0. The molecule has 36 heavy (non-hydrogen) atoms. The Kier molecular flexibility index (Phi) is 9.41. The quantitative estimate of drug-likeness (QED) is 0.320. The molecule has 192 valence electrons. The number of nitrogens with zero attached hydrogens (tertiary/aromatic N) is 3. The van der Waals surface area contributed by atoms with Crippen molar-refractivity contribution in [2.24, 2.45) is 0 Å². The number of ether oxygens (including phenoxy) is 1. The van der Waals surface area contributed by atoms with E-state index < -0.39 is 0 Å². The van der Waals surface area contributed by atoms with Crippen LogP contribution in [-0.2, 0) is 22.6 Å². The molecule has 0 saturated heterocycles. The van der Waals surface area contributed by atoms with Gasteiger partial charge >= 0.3 is 0 Å². The third-order valence-corrected chi connectivity index (χ3v) is 7.30. The standard InChI is InChI=1S/C28H34BrN3O4/c1-35-18-16-31(28(34)26-10-6-17-36-26)21-27(33)32(24-7-3-2-4-8-24)20-25-9-5-15-30(25)19-22-11-13-23(29)14-12-22/h5-6,9-15,17,24H,2-4,7-8,16,18-21H2,1H3. The number of methoxy groups -OCH3 is 1. The van der Waals surface area contributed by atoms with Gasteiger partial charge in [-0.05, 0) is 54.8 Å². The van der Waals surface area contributed by atoms with Gasteiger partial charge in [-0.2, -0.15) is 0 Å². The Morgan fingerprint density at radius 3 is 2.56 bits per heavy atom. The van der Waals surface area contributed by atoms with E-state index in [0.29, 0.717) is 19.7 Å². The average molecular weight is 557 g/mol. The first-order valence-corrected chi connectivity index (χ1v) is 13.3. The van der Waals surface area contributed by atoms with E-state index in [0.717, 1.165) is 42.4 Å². The minimum atomic E-state index is -0.299. The van der Waals surface area contributed by atoms with Gasteiger partial charge in [0, 0.05) is 42.6 Å². The van der Waals surface area contributed by atoms with Crippen LogP contribution >= 0.6 is 15.9 Å². The van der Waals surface area contributed by atoms with Gasteiger partial charge in [-0.3, -0.25) is 9.59 Å². The fourth-order valence-electron chi connectivity index (χ4n) is 4.79. The molecule has 3 aromatic rings. The van der Waals surface area contributed by atoms with Crippen LogP contribution in [0.25, 0.3) is 0 Å². The van der Waals surface area contributed by atoms with Crippen molar-refractivity contribution in [2.75, 3.05) is 26.8 Å². The normalized spacial score (nSPS) is 14.1. The molecule has 0 radical (unpaired) electrons. The van der Waals surface area contributed by atoms with Gasteiger partial charge < -0.3 is 23.5 Å². The Morgan fingerprint density at radius 1 is 1.08 bits per heavy atom. The molecule has 2 aromatic heterocycles. The molecular weight excluding hydrogens is 522 g/mol. The van der Waals surface area contributed by atoms with Crippen LogP contribution in [0.4, 0.5) is 0 Å². The van der Waals surface area contributed by atoms with E-state index in [1.165, 1.54) is 23.1 Å². The van der Waals surface area contributed by atoms with E-state index in [-0.39, 0.29) is 30.2 Å². The highest BCUT2D eigenvalue weighted by atomic mass is 79.9. The minimum absolute atomic E-state index is 0.00713. The molecule has 2 amide bonds. The van der Waals surface area contributed by atoms with E-state index in [2.05, 4.69) is 44.9 Å². The van der Waals surface area contributed by atoms with Crippen molar-refractivity contribution in [3.8, 4) is 0 Å². The minimum Gasteiger partial charge on any atom is -0.459 e. The molecule has 1 aliphatic rings. The van der Waals surface area contributed by atoms with Crippen LogP contribution in [0.2, 0.25) is 0 Å². The second-order valence-electron chi connectivity index (χ2n) is 9.26. The summed E-state index contributed by atoms with van der Waals surface area (Å²) >= 11 is 3.50. The van der Waals surface area contributed by atoms with Crippen LogP contribution in [0.15, 0.2) is 69.9 Å². The van der Waals surface area contributed by atoms with Gasteiger partial charge in [-0.15, -0.1) is 0 Å². The van der Waals surface area contributed by atoms with Crippen LogP contribution in [0, 0.1) is 0 Å². The molecule has 1 saturated carbocycles. The Labute approximate surface area is 221 Å². The zero-order valence-electron chi connectivity index (χ0n) is 20.8. The largest absolute Gasteiger partial charge is 0.459 e. The number of amides is 2. The summed E-state index contributed by atoms with van der Waals surface area (Å²) in [6.07, 6.45) is 8.95. The molecule has 0 unspecified atom stereocenters. The highest BCUT2D eigenvalue weighted by molar-refractivity contribution is 9.10. The second-order valence-corrected chi connectivity index (χ2v) is 10.2. The van der Waals surface area contributed by atoms with Crippen molar-refractivity contribution >= 4 is 27.7 Å². The van der Waals surface area contributed by atoms with Crippen molar-refractivity contribution in [1.82, 2.24) is 14.4 Å². The third-order valence-electron chi connectivity index (χ3n) is 6.77. The van der Waals surface area contributed by atoms with Crippen molar-refractivity contribution < 1.29 is 18.7 Å². The summed E-state index contributed by atoms with van der Waals surface area (Å²) in [6, 6.07) is 15.9. The highest BCUT2D eigenvalue weighted by Gasteiger charge is 2.29. The number of hydrogen-bond donors (Lipinski definition) is 0. The van der Waals surface area contributed by atoms with Crippen LogP contribution in [0.3, 0.4) is 0 Å². The maximum absolute atomic E-state index is 13.8. The van der Waals surface area contributed by atoms with E-state index in [1.807, 2.05) is 23.1 Å². The topological polar surface area (TPSA) is 67.9 Å². The van der Waals surface area contributed by atoms with Crippen LogP contribution in [0.5, 0.6) is 0 Å². The number of carbonyl (C=O) groups excluding carboxylic acids is 2. The monoisotopic (exact) mass is 555 g/mol. The van der Waals surface area contributed by atoms with Crippen LogP contribution in [0.1, 0.15) is 53.9 Å². The molecule has 4 rings (SSSR count). The molecule has 8 heteroatoms. The SMILES string of the molecule is COCCN(CC(=O)N(Cc1cccn1Cc1ccc(Br)cc1)C1CCCCC1)C(=O)c1ccco1. The van der Waals surface area contributed by atoms with Crippen LogP contribution in [-0.4, -0.2) is 59.0 Å². The van der Waals surface area contributed by atoms with Gasteiger partial charge in [0.05, 0.1) is 19.4 Å². The van der Waals surface area contributed by atoms with Crippen molar-refractivity contribution in [1.29, 1.82) is 0 Å². The number of aromatic nitrogens is 1. The summed E-state index contributed by atoms with van der Waals surface area (Å²) in [7, 11) is 1.59. The van der Waals surface area contributed by atoms with E-state index in [9.17, 15) is 9.59 Å². The first kappa shape index (κ1) is 26.2. The van der Waals surface area contributed by atoms with Gasteiger partial charge in [0.1, 0.15) is 6.54 Å². The van der Waals surface area contributed by atoms with Crippen molar-refractivity contribution in [3.05, 3.63) is 82.5 Å². The molecule has 1 aromatic carbocycles. The molecule has 1 aliphatic carbocycles. The predicted molar refractivity (Wildman–Crippen MR) is 142 cm³/mol.